The Kier molecular flexibility index (Phi) is 6.54. The molecule has 0 aliphatic carbocycles. The van der Waals surface area contributed by atoms with Gasteiger partial charge < -0.3 is 9.47 Å². The Hall–Kier alpha value is -4.75. The Balaban J connectivity index is 1.63. The summed E-state index contributed by atoms with van der Waals surface area (Å²) >= 11 is 0. The van der Waals surface area contributed by atoms with Crippen molar-refractivity contribution in [3.8, 4) is 16.8 Å². The Labute approximate surface area is 218 Å². The predicted octanol–water partition coefficient (Wildman–Crippen LogP) is 5.20. The van der Waals surface area contributed by atoms with Crippen molar-refractivity contribution in [1.82, 2.24) is 39.2 Å². The summed E-state index contributed by atoms with van der Waals surface area (Å²) < 4.78 is 69.9. The van der Waals surface area contributed by atoms with E-state index in [-0.39, 0.29) is 5.69 Å². The van der Waals surface area contributed by atoms with Crippen molar-refractivity contribution in [2.75, 3.05) is 14.1 Å². The first-order valence-corrected chi connectivity index (χ1v) is 11.5. The zero-order valence-electron chi connectivity index (χ0n) is 20.8. The van der Waals surface area contributed by atoms with Gasteiger partial charge in [0.15, 0.2) is 11.6 Å². The number of hydrogen-bond acceptors (Lipinski definition) is 6. The van der Waals surface area contributed by atoms with Crippen molar-refractivity contribution in [1.29, 1.82) is 0 Å². The van der Waals surface area contributed by atoms with Crippen molar-refractivity contribution in [2.24, 2.45) is 4.99 Å². The Morgan fingerprint density at radius 1 is 1.00 bits per heavy atom. The Morgan fingerprint density at radius 2 is 1.74 bits per heavy atom. The monoisotopic (exact) mass is 541 g/mol. The summed E-state index contributed by atoms with van der Waals surface area (Å²) in [7, 11) is 3.56. The number of benzene rings is 1. The second-order valence-electron chi connectivity index (χ2n) is 8.84. The van der Waals surface area contributed by atoms with Crippen molar-refractivity contribution in [3.63, 3.8) is 0 Å². The number of aromatic nitrogens is 7. The van der Waals surface area contributed by atoms with Gasteiger partial charge in [-0.3, -0.25) is 0 Å². The smallest absolute Gasteiger partial charge is 0.369 e. The molecule has 0 bridgehead atoms. The molecular weight excluding hydrogens is 521 g/mol. The van der Waals surface area contributed by atoms with Gasteiger partial charge in [-0.15, -0.1) is 0 Å². The molecule has 4 heterocycles. The summed E-state index contributed by atoms with van der Waals surface area (Å²) in [6.07, 6.45) is 5.18. The first-order chi connectivity index (χ1) is 18.5. The van der Waals surface area contributed by atoms with Crippen molar-refractivity contribution in [2.45, 2.75) is 19.1 Å². The van der Waals surface area contributed by atoms with Gasteiger partial charge in [-0.05, 0) is 19.1 Å². The van der Waals surface area contributed by atoms with E-state index < -0.39 is 29.7 Å². The van der Waals surface area contributed by atoms with Crippen LogP contribution in [0.3, 0.4) is 0 Å². The largest absolute Gasteiger partial charge is 0.451 e. The minimum atomic E-state index is -4.69. The first kappa shape index (κ1) is 25.9. The fraction of sp³-hybridized carbons (Fsp3) is 0.200. The molecule has 0 amide bonds. The number of aliphatic imine (C=N–C) groups is 1. The molecule has 1 atom stereocenters. The Morgan fingerprint density at radius 3 is 2.41 bits per heavy atom. The van der Waals surface area contributed by atoms with E-state index in [1.54, 1.807) is 36.0 Å². The topological polar surface area (TPSA) is 89.9 Å². The van der Waals surface area contributed by atoms with Crippen LogP contribution in [0.4, 0.5) is 27.8 Å². The highest BCUT2D eigenvalue weighted by Crippen LogP contribution is 2.37. The lowest BCUT2D eigenvalue weighted by atomic mass is 10.1. The summed E-state index contributed by atoms with van der Waals surface area (Å²) in [4.78, 5) is 21.8. The van der Waals surface area contributed by atoms with Gasteiger partial charge >= 0.3 is 6.18 Å². The van der Waals surface area contributed by atoms with Crippen LogP contribution in [-0.2, 0) is 6.18 Å². The lowest BCUT2D eigenvalue weighted by Crippen LogP contribution is -2.10. The third-order valence-corrected chi connectivity index (χ3v) is 5.88. The Bertz CT molecular complexity index is 1670. The van der Waals surface area contributed by atoms with Crippen LogP contribution in [0, 0.1) is 11.6 Å². The second kappa shape index (κ2) is 9.85. The molecule has 0 spiro atoms. The summed E-state index contributed by atoms with van der Waals surface area (Å²) in [6.45, 7) is 1.85. The lowest BCUT2D eigenvalue weighted by molar-refractivity contribution is -0.144. The number of nitrogens with zero attached hydrogens (tertiary/aromatic N) is 9. The van der Waals surface area contributed by atoms with Crippen molar-refractivity contribution >= 4 is 23.2 Å². The zero-order chi connectivity index (χ0) is 27.9. The maximum absolute atomic E-state index is 14.3. The quantitative estimate of drug-likeness (QED) is 0.167. The van der Waals surface area contributed by atoms with Gasteiger partial charge in [-0.1, -0.05) is 0 Å². The average molecular weight is 541 g/mol. The molecule has 1 aromatic carbocycles. The molecule has 9 nitrogen and oxygen atoms in total. The number of rotatable bonds is 6. The highest BCUT2D eigenvalue weighted by Gasteiger charge is 2.34. The van der Waals surface area contributed by atoms with E-state index >= 15 is 0 Å². The molecule has 0 aliphatic heterocycles. The molecule has 0 radical (unpaired) electrons. The van der Waals surface area contributed by atoms with Crippen LogP contribution in [0.15, 0.2) is 60.5 Å². The number of halogens is 5. The molecule has 200 valence electrons. The molecule has 1 unspecified atom stereocenters. The first-order valence-electron chi connectivity index (χ1n) is 11.5. The summed E-state index contributed by atoms with van der Waals surface area (Å²) in [5.74, 6) is -2.45. The highest BCUT2D eigenvalue weighted by molar-refractivity contribution is 6.01. The normalized spacial score (nSPS) is 12.9. The van der Waals surface area contributed by atoms with E-state index in [4.69, 9.17) is 0 Å². The van der Waals surface area contributed by atoms with Crippen LogP contribution in [0.2, 0.25) is 0 Å². The van der Waals surface area contributed by atoms with Gasteiger partial charge in [-0.2, -0.15) is 18.3 Å². The molecule has 5 aromatic rings. The molecule has 4 aromatic heterocycles. The van der Waals surface area contributed by atoms with E-state index in [9.17, 15) is 22.0 Å². The molecule has 39 heavy (non-hydrogen) atoms. The molecule has 14 heteroatoms. The van der Waals surface area contributed by atoms with Crippen LogP contribution in [0.5, 0.6) is 0 Å². The SMILES string of the molecule is CC(c1cnn(-c2ccc(F)cc2F)c1)n1cc(-c2cnc(C(F)(F)F)nc2)c2c(N=CN(C)C)ncnc21. The van der Waals surface area contributed by atoms with Gasteiger partial charge in [0, 0.05) is 61.6 Å². The van der Waals surface area contributed by atoms with Crippen LogP contribution in [0.1, 0.15) is 24.4 Å². The van der Waals surface area contributed by atoms with Gasteiger partial charge in [0.1, 0.15) is 23.5 Å². The highest BCUT2D eigenvalue weighted by atomic mass is 19.4. The van der Waals surface area contributed by atoms with E-state index in [1.165, 1.54) is 29.6 Å². The van der Waals surface area contributed by atoms with Gasteiger partial charge in [0.25, 0.3) is 0 Å². The second-order valence-corrected chi connectivity index (χ2v) is 8.84. The summed E-state index contributed by atoms with van der Waals surface area (Å²) in [5, 5.41) is 4.69. The maximum atomic E-state index is 14.3. The van der Waals surface area contributed by atoms with E-state index in [2.05, 4.69) is 30.0 Å². The fourth-order valence-electron chi connectivity index (χ4n) is 3.98. The van der Waals surface area contributed by atoms with E-state index in [0.29, 0.717) is 33.5 Å². The van der Waals surface area contributed by atoms with Crippen molar-refractivity contribution < 1.29 is 22.0 Å². The molecule has 0 aliphatic rings. The average Bonchev–Trinajstić information content (AvgIpc) is 3.53. The molecule has 0 saturated heterocycles. The molecule has 0 fully saturated rings. The summed E-state index contributed by atoms with van der Waals surface area (Å²) in [6, 6.07) is 2.76. The lowest BCUT2D eigenvalue weighted by Gasteiger charge is -2.13. The molecular formula is C25H20F5N9. The molecule has 5 rings (SSSR count). The van der Waals surface area contributed by atoms with E-state index in [1.807, 2.05) is 6.92 Å². The maximum Gasteiger partial charge on any atom is 0.451 e. The van der Waals surface area contributed by atoms with Gasteiger partial charge in [0.2, 0.25) is 5.82 Å². The molecule has 0 saturated carbocycles. The van der Waals surface area contributed by atoms with Crippen LogP contribution in [0.25, 0.3) is 27.8 Å². The standard InChI is InChI=1S/C25H20F5N9/c1-14(16-9-36-39(10-16)20-5-4-17(26)6-19(20)27)38-11-18(15-7-31-24(32-8-15)25(28,29)30)21-22(35-13-37(2)3)33-12-34-23(21)38/h4-14H,1-3H3. The fourth-order valence-corrected chi connectivity index (χ4v) is 3.98. The van der Waals surface area contributed by atoms with Gasteiger partial charge in [-0.25, -0.2) is 38.4 Å². The predicted molar refractivity (Wildman–Crippen MR) is 133 cm³/mol. The molecule has 0 N–H and O–H groups in total. The van der Waals surface area contributed by atoms with Crippen LogP contribution < -0.4 is 0 Å². The zero-order valence-corrected chi connectivity index (χ0v) is 20.8. The summed E-state index contributed by atoms with van der Waals surface area (Å²) in [5.41, 5.74) is 1.94. The minimum absolute atomic E-state index is 0.0671. The number of fused-ring (bicyclic) bond motifs is 1. The van der Waals surface area contributed by atoms with Gasteiger partial charge in [0.05, 0.1) is 24.0 Å². The number of hydrogen-bond donors (Lipinski definition) is 0. The third kappa shape index (κ3) is 5.04. The van der Waals surface area contributed by atoms with E-state index in [0.717, 1.165) is 24.5 Å². The van der Waals surface area contributed by atoms with Crippen LogP contribution in [-0.4, -0.2) is 59.6 Å². The van der Waals surface area contributed by atoms with Crippen LogP contribution >= 0.6 is 0 Å². The third-order valence-electron chi connectivity index (χ3n) is 5.88. The minimum Gasteiger partial charge on any atom is -0.369 e. The number of alkyl halides is 3. The van der Waals surface area contributed by atoms with Crippen molar-refractivity contribution in [3.05, 3.63) is 78.5 Å².